The number of ether oxygens (including phenoxy) is 1. The maximum Gasteiger partial charge on any atom is 0.263 e. The van der Waals surface area contributed by atoms with Crippen LogP contribution in [-0.2, 0) is 16.4 Å². The SMILES string of the molecule is COc1ccccc1Cc1nnc(NS(=O)(=O)c2ccc(C#N)cc2)s1. The molecule has 0 fully saturated rings. The van der Waals surface area contributed by atoms with Gasteiger partial charge >= 0.3 is 0 Å². The molecular formula is C17H14N4O3S2. The highest BCUT2D eigenvalue weighted by molar-refractivity contribution is 7.93. The van der Waals surface area contributed by atoms with Gasteiger partial charge in [0.15, 0.2) is 0 Å². The maximum absolute atomic E-state index is 12.4. The molecule has 132 valence electrons. The maximum atomic E-state index is 12.4. The van der Waals surface area contributed by atoms with Crippen molar-refractivity contribution in [3.8, 4) is 11.8 Å². The predicted molar refractivity (Wildman–Crippen MR) is 97.7 cm³/mol. The molecule has 0 radical (unpaired) electrons. The van der Waals surface area contributed by atoms with Crippen molar-refractivity contribution in [3.63, 3.8) is 0 Å². The second-order valence-electron chi connectivity index (χ2n) is 5.23. The minimum Gasteiger partial charge on any atom is -0.496 e. The molecule has 2 aromatic carbocycles. The van der Waals surface area contributed by atoms with Crippen LogP contribution in [0.25, 0.3) is 0 Å². The lowest BCUT2D eigenvalue weighted by Crippen LogP contribution is -2.12. The Kier molecular flexibility index (Phi) is 5.16. The predicted octanol–water partition coefficient (Wildman–Crippen LogP) is 2.81. The smallest absolute Gasteiger partial charge is 0.263 e. The first kappa shape index (κ1) is 17.8. The topological polar surface area (TPSA) is 105 Å². The molecule has 0 amide bonds. The minimum atomic E-state index is -3.79. The molecule has 3 aromatic rings. The monoisotopic (exact) mass is 386 g/mol. The summed E-state index contributed by atoms with van der Waals surface area (Å²) in [7, 11) is -2.19. The third kappa shape index (κ3) is 3.99. The summed E-state index contributed by atoms with van der Waals surface area (Å²) in [6, 6.07) is 15.1. The van der Waals surface area contributed by atoms with Crippen LogP contribution in [0.1, 0.15) is 16.1 Å². The molecular weight excluding hydrogens is 372 g/mol. The standard InChI is InChI=1S/C17H14N4O3S2/c1-24-15-5-3-2-4-13(15)10-16-19-20-17(25-16)21-26(22,23)14-8-6-12(11-18)7-9-14/h2-9H,10H2,1H3,(H,20,21). The minimum absolute atomic E-state index is 0.0537. The average molecular weight is 386 g/mol. The van der Waals surface area contributed by atoms with E-state index in [1.54, 1.807) is 7.11 Å². The number of nitrogens with zero attached hydrogens (tertiary/aromatic N) is 3. The van der Waals surface area contributed by atoms with E-state index in [-0.39, 0.29) is 10.0 Å². The molecule has 0 saturated heterocycles. The first-order valence-electron chi connectivity index (χ1n) is 7.49. The number of nitriles is 1. The van der Waals surface area contributed by atoms with E-state index in [1.165, 1.54) is 24.3 Å². The normalized spacial score (nSPS) is 10.9. The van der Waals surface area contributed by atoms with Gasteiger partial charge in [-0.3, -0.25) is 4.72 Å². The van der Waals surface area contributed by atoms with Crippen LogP contribution < -0.4 is 9.46 Å². The molecule has 0 unspecified atom stereocenters. The molecule has 26 heavy (non-hydrogen) atoms. The van der Waals surface area contributed by atoms with Crippen LogP contribution in [0.15, 0.2) is 53.4 Å². The number of hydrogen-bond donors (Lipinski definition) is 1. The van der Waals surface area contributed by atoms with Crippen molar-refractivity contribution in [1.29, 1.82) is 5.26 Å². The van der Waals surface area contributed by atoms with Crippen LogP contribution in [-0.4, -0.2) is 25.7 Å². The lowest BCUT2D eigenvalue weighted by Gasteiger charge is -2.05. The number of anilines is 1. The van der Waals surface area contributed by atoms with Gasteiger partial charge in [-0.15, -0.1) is 10.2 Å². The Balaban J connectivity index is 1.76. The molecule has 3 rings (SSSR count). The molecule has 9 heteroatoms. The Morgan fingerprint density at radius 1 is 1.15 bits per heavy atom. The Morgan fingerprint density at radius 2 is 1.88 bits per heavy atom. The summed E-state index contributed by atoms with van der Waals surface area (Å²) in [5.74, 6) is 0.738. The quantitative estimate of drug-likeness (QED) is 0.698. The molecule has 0 saturated carbocycles. The van der Waals surface area contributed by atoms with Gasteiger partial charge in [0.25, 0.3) is 10.0 Å². The Morgan fingerprint density at radius 3 is 2.58 bits per heavy atom. The van der Waals surface area contributed by atoms with E-state index in [2.05, 4.69) is 14.9 Å². The van der Waals surface area contributed by atoms with Gasteiger partial charge in [-0.1, -0.05) is 29.5 Å². The van der Waals surface area contributed by atoms with Crippen molar-refractivity contribution in [1.82, 2.24) is 10.2 Å². The fourth-order valence-corrected chi connectivity index (χ4v) is 4.25. The van der Waals surface area contributed by atoms with Gasteiger partial charge in [-0.2, -0.15) is 5.26 Å². The number of aromatic nitrogens is 2. The summed E-state index contributed by atoms with van der Waals surface area (Å²) in [4.78, 5) is 0.0537. The summed E-state index contributed by atoms with van der Waals surface area (Å²) >= 11 is 1.16. The lowest BCUT2D eigenvalue weighted by atomic mass is 10.1. The number of nitrogens with one attached hydrogen (secondary N) is 1. The molecule has 0 aliphatic carbocycles. The van der Waals surface area contributed by atoms with Gasteiger partial charge < -0.3 is 4.74 Å². The van der Waals surface area contributed by atoms with Gasteiger partial charge in [0.2, 0.25) is 5.13 Å². The van der Waals surface area contributed by atoms with E-state index in [1.807, 2.05) is 30.3 Å². The molecule has 0 bridgehead atoms. The average Bonchev–Trinajstić information content (AvgIpc) is 3.08. The van der Waals surface area contributed by atoms with Crippen molar-refractivity contribution in [2.24, 2.45) is 0 Å². The van der Waals surface area contributed by atoms with Crippen molar-refractivity contribution in [2.45, 2.75) is 11.3 Å². The van der Waals surface area contributed by atoms with Crippen molar-refractivity contribution >= 4 is 26.5 Å². The van der Waals surface area contributed by atoms with E-state index in [4.69, 9.17) is 10.00 Å². The fraction of sp³-hybridized carbons (Fsp3) is 0.118. The molecule has 7 nitrogen and oxygen atoms in total. The van der Waals surface area contributed by atoms with E-state index in [9.17, 15) is 8.42 Å². The number of rotatable bonds is 6. The molecule has 1 aromatic heterocycles. The zero-order chi connectivity index (χ0) is 18.6. The highest BCUT2D eigenvalue weighted by Crippen LogP contribution is 2.25. The molecule has 1 N–H and O–H groups in total. The van der Waals surface area contributed by atoms with E-state index < -0.39 is 10.0 Å². The molecule has 0 spiro atoms. The number of sulfonamides is 1. The van der Waals surface area contributed by atoms with Gasteiger partial charge in [0, 0.05) is 12.0 Å². The number of methoxy groups -OCH3 is 1. The summed E-state index contributed by atoms with van der Waals surface area (Å²) < 4.78 is 32.5. The van der Waals surface area contributed by atoms with Crippen LogP contribution in [0.3, 0.4) is 0 Å². The van der Waals surface area contributed by atoms with Crippen LogP contribution in [0.4, 0.5) is 5.13 Å². The summed E-state index contributed by atoms with van der Waals surface area (Å²) in [6.07, 6.45) is 0.486. The first-order valence-corrected chi connectivity index (χ1v) is 9.79. The zero-order valence-corrected chi connectivity index (χ0v) is 15.3. The third-order valence-corrected chi connectivity index (χ3v) is 5.84. The van der Waals surface area contributed by atoms with Crippen LogP contribution in [0, 0.1) is 11.3 Å². The van der Waals surface area contributed by atoms with Gasteiger partial charge in [0.05, 0.1) is 23.6 Å². The van der Waals surface area contributed by atoms with Gasteiger partial charge in [-0.25, -0.2) is 8.42 Å². The molecule has 0 atom stereocenters. The van der Waals surface area contributed by atoms with Crippen molar-refractivity contribution in [3.05, 3.63) is 64.7 Å². The number of benzene rings is 2. The fourth-order valence-electron chi connectivity index (χ4n) is 2.26. The van der Waals surface area contributed by atoms with Crippen LogP contribution in [0.5, 0.6) is 5.75 Å². The summed E-state index contributed by atoms with van der Waals surface area (Å²) in [5, 5.41) is 17.6. The molecule has 0 aliphatic rings. The first-order chi connectivity index (χ1) is 12.5. The summed E-state index contributed by atoms with van der Waals surface area (Å²) in [6.45, 7) is 0. The van der Waals surface area contributed by atoms with E-state index >= 15 is 0 Å². The van der Waals surface area contributed by atoms with Crippen LogP contribution in [0.2, 0.25) is 0 Å². The van der Waals surface area contributed by atoms with E-state index in [0.29, 0.717) is 17.0 Å². The number of para-hydroxylation sites is 1. The van der Waals surface area contributed by atoms with E-state index in [0.717, 1.165) is 22.6 Å². The highest BCUT2D eigenvalue weighted by atomic mass is 32.2. The zero-order valence-electron chi connectivity index (χ0n) is 13.7. The highest BCUT2D eigenvalue weighted by Gasteiger charge is 2.17. The Labute approximate surface area is 155 Å². The van der Waals surface area contributed by atoms with Crippen molar-refractivity contribution < 1.29 is 13.2 Å². The van der Waals surface area contributed by atoms with Gasteiger partial charge in [-0.05, 0) is 30.3 Å². The second kappa shape index (κ2) is 7.51. The summed E-state index contributed by atoms with van der Waals surface area (Å²) in [5.41, 5.74) is 1.33. The Bertz CT molecular complexity index is 1050. The Hall–Kier alpha value is -2.96. The van der Waals surface area contributed by atoms with Crippen LogP contribution >= 0.6 is 11.3 Å². The van der Waals surface area contributed by atoms with Gasteiger partial charge in [0.1, 0.15) is 10.8 Å². The molecule has 0 aliphatic heterocycles. The second-order valence-corrected chi connectivity index (χ2v) is 7.98. The molecule has 1 heterocycles. The van der Waals surface area contributed by atoms with Crippen molar-refractivity contribution in [2.75, 3.05) is 11.8 Å². The number of hydrogen-bond acceptors (Lipinski definition) is 7. The largest absolute Gasteiger partial charge is 0.496 e. The third-order valence-electron chi connectivity index (χ3n) is 3.52. The lowest BCUT2D eigenvalue weighted by molar-refractivity contribution is 0.410.